The zero-order valence-corrected chi connectivity index (χ0v) is 28.5. The van der Waals surface area contributed by atoms with E-state index >= 15 is 0 Å². The maximum atomic E-state index is 14.1. The Balaban J connectivity index is 3.46. The van der Waals surface area contributed by atoms with Crippen LogP contribution >= 0.6 is 0 Å². The van der Waals surface area contributed by atoms with E-state index in [1.54, 1.807) is 0 Å². The van der Waals surface area contributed by atoms with E-state index in [2.05, 4.69) is 5.32 Å². The monoisotopic (exact) mass is 741 g/mol. The Kier molecular flexibility index (Phi) is 20.1. The van der Waals surface area contributed by atoms with Crippen LogP contribution in [0.15, 0.2) is 24.3 Å². The number of nitrogens with two attached hydrogens (primary N) is 2. The van der Waals surface area contributed by atoms with Crippen molar-refractivity contribution >= 4 is 47.6 Å². The summed E-state index contributed by atoms with van der Waals surface area (Å²) < 4.78 is 0. The Bertz CT molecular complexity index is 1380. The number of phenolic OH excluding ortho intramolecular Hbond substituents is 1. The van der Waals surface area contributed by atoms with Gasteiger partial charge in [0.1, 0.15) is 17.8 Å². The summed E-state index contributed by atoms with van der Waals surface area (Å²) in [6.07, 6.45) is 0.0106. The minimum Gasteiger partial charge on any atom is -0.508 e. The fourth-order valence-corrected chi connectivity index (χ4v) is 5.08. The number of carbonyl (C=O) groups excluding carboxylic acids is 3. The largest absolute Gasteiger partial charge is 0.508 e. The number of phenols is 1. The molecule has 1 aromatic rings. The third-order valence-electron chi connectivity index (χ3n) is 7.49. The zero-order chi connectivity index (χ0) is 39.4. The summed E-state index contributed by atoms with van der Waals surface area (Å²) in [6.45, 7) is -4.93. The van der Waals surface area contributed by atoms with Crippen LogP contribution in [0.3, 0.4) is 0 Å². The Morgan fingerprint density at radius 3 is 1.56 bits per heavy atom. The molecule has 0 unspecified atom stereocenters. The predicted octanol–water partition coefficient (Wildman–Crippen LogP) is -3.44. The van der Waals surface area contributed by atoms with Crippen LogP contribution in [-0.2, 0) is 44.8 Å². The van der Waals surface area contributed by atoms with Crippen molar-refractivity contribution in [2.24, 2.45) is 11.5 Å². The van der Waals surface area contributed by atoms with Crippen molar-refractivity contribution in [1.29, 1.82) is 0 Å². The van der Waals surface area contributed by atoms with Gasteiger partial charge in [-0.3, -0.25) is 53.2 Å². The number of hydrogen-bond acceptors (Lipinski definition) is 14. The molecule has 0 aliphatic rings. The smallest absolute Gasteiger partial charge is 0.326 e. The van der Waals surface area contributed by atoms with Gasteiger partial charge in [-0.1, -0.05) is 12.1 Å². The van der Waals surface area contributed by atoms with Gasteiger partial charge in [0.2, 0.25) is 11.8 Å². The second-order valence-electron chi connectivity index (χ2n) is 11.7. The quantitative estimate of drug-likeness (QED) is 0.0396. The number of imide groups is 1. The van der Waals surface area contributed by atoms with E-state index in [-0.39, 0.29) is 57.7 Å². The molecule has 1 rings (SSSR count). The average Bonchev–Trinajstić information content (AvgIpc) is 3.04. The standard InChI is InChI=1S/C31H47N7O14/c32-8-2-1-3-23(31(51)52)38(30(50)22(34-24(40)14-33)13-20-4-6-21(39)7-5-20)25(41)15-36(17-27(44)45)11-9-35(16-26(42)43)10-12-37(18-28(46)47)19-29(48)49/h4-7,22-23,39H,1-3,8-19,32-33H2,(H,34,40)(H,42,43)(H,44,45)(H,46,47)(H,48,49)(H,51,52)/t22-,23-/m0/s1. The number of carboxylic acids is 5. The van der Waals surface area contributed by atoms with Crippen molar-refractivity contribution in [3.05, 3.63) is 29.8 Å². The van der Waals surface area contributed by atoms with Crippen LogP contribution in [0.5, 0.6) is 5.75 Å². The van der Waals surface area contributed by atoms with Crippen LogP contribution in [-0.4, -0.2) is 182 Å². The first kappa shape index (κ1) is 44.8. The molecule has 0 saturated carbocycles. The van der Waals surface area contributed by atoms with Crippen LogP contribution in [0.1, 0.15) is 24.8 Å². The van der Waals surface area contributed by atoms with E-state index in [0.29, 0.717) is 16.9 Å². The van der Waals surface area contributed by atoms with E-state index < -0.39 is 98.9 Å². The van der Waals surface area contributed by atoms with Crippen LogP contribution in [0.4, 0.5) is 0 Å². The summed E-state index contributed by atoms with van der Waals surface area (Å²) in [7, 11) is 0. The van der Waals surface area contributed by atoms with Gasteiger partial charge in [-0.05, 0) is 43.5 Å². The molecule has 0 fully saturated rings. The number of aliphatic carboxylic acids is 5. The third-order valence-corrected chi connectivity index (χ3v) is 7.49. The Hall–Kier alpha value is -5.22. The van der Waals surface area contributed by atoms with Gasteiger partial charge in [-0.15, -0.1) is 0 Å². The summed E-state index contributed by atoms with van der Waals surface area (Å²) in [5.41, 5.74) is 11.4. The van der Waals surface area contributed by atoms with Gasteiger partial charge < -0.3 is 47.4 Å². The number of benzene rings is 1. The predicted molar refractivity (Wildman–Crippen MR) is 179 cm³/mol. The number of rotatable bonds is 27. The van der Waals surface area contributed by atoms with Gasteiger partial charge in [-0.25, -0.2) is 4.79 Å². The van der Waals surface area contributed by atoms with Crippen molar-refractivity contribution in [2.45, 2.75) is 37.8 Å². The number of carboxylic acid groups (broad SMARTS) is 5. The average molecular weight is 742 g/mol. The number of nitrogens with one attached hydrogen (secondary N) is 1. The minimum absolute atomic E-state index is 0.0986. The minimum atomic E-state index is -1.77. The first-order valence-corrected chi connectivity index (χ1v) is 16.1. The maximum absolute atomic E-state index is 14.1. The van der Waals surface area contributed by atoms with Gasteiger partial charge in [0, 0.05) is 32.6 Å². The van der Waals surface area contributed by atoms with Crippen LogP contribution in [0.25, 0.3) is 0 Å². The Morgan fingerprint density at radius 2 is 1.12 bits per heavy atom. The van der Waals surface area contributed by atoms with Crippen LogP contribution in [0.2, 0.25) is 0 Å². The number of aromatic hydroxyl groups is 1. The molecule has 21 nitrogen and oxygen atoms in total. The zero-order valence-electron chi connectivity index (χ0n) is 28.5. The summed E-state index contributed by atoms with van der Waals surface area (Å²) in [4.78, 5) is 102. The number of nitrogens with zero attached hydrogens (tertiary/aromatic N) is 4. The van der Waals surface area contributed by atoms with Crippen molar-refractivity contribution in [1.82, 2.24) is 24.9 Å². The van der Waals surface area contributed by atoms with E-state index in [1.165, 1.54) is 29.2 Å². The van der Waals surface area contributed by atoms with Crippen molar-refractivity contribution in [2.75, 3.05) is 72.0 Å². The maximum Gasteiger partial charge on any atom is 0.326 e. The topological polar surface area (TPSA) is 335 Å². The molecule has 3 amide bonds. The highest BCUT2D eigenvalue weighted by atomic mass is 16.4. The lowest BCUT2D eigenvalue weighted by molar-refractivity contribution is -0.160. The number of unbranched alkanes of at least 4 members (excludes halogenated alkanes) is 1. The summed E-state index contributed by atoms with van der Waals surface area (Å²) in [5, 5.41) is 59.4. The number of carbonyl (C=O) groups is 8. The third kappa shape index (κ3) is 17.6. The highest BCUT2D eigenvalue weighted by Gasteiger charge is 2.39. The first-order chi connectivity index (χ1) is 24.5. The van der Waals surface area contributed by atoms with Gasteiger partial charge >= 0.3 is 29.8 Å². The molecule has 0 aliphatic heterocycles. The molecule has 0 radical (unpaired) electrons. The molecule has 0 saturated heterocycles. The van der Waals surface area contributed by atoms with Gasteiger partial charge in [0.05, 0.1) is 39.3 Å². The molecule has 0 spiro atoms. The van der Waals surface area contributed by atoms with Crippen molar-refractivity contribution in [3.8, 4) is 5.75 Å². The Morgan fingerprint density at radius 1 is 0.654 bits per heavy atom. The lowest BCUT2D eigenvalue weighted by Gasteiger charge is -2.33. The van der Waals surface area contributed by atoms with E-state index in [1.807, 2.05) is 0 Å². The number of amides is 3. The van der Waals surface area contributed by atoms with E-state index in [4.69, 9.17) is 21.7 Å². The SMILES string of the molecule is NCCCC[C@@H](C(=O)O)N(C(=O)CN(CCN(CCN(CC(=O)O)CC(=O)O)CC(=O)O)CC(=O)O)C(=O)[C@H](Cc1ccc(O)cc1)NC(=O)CN. The molecule has 0 bridgehead atoms. The molecule has 0 aliphatic carbocycles. The molecule has 2 atom stereocenters. The van der Waals surface area contributed by atoms with Gasteiger partial charge in [0.25, 0.3) is 5.91 Å². The van der Waals surface area contributed by atoms with Crippen molar-refractivity contribution < 1.29 is 69.0 Å². The summed E-state index contributed by atoms with van der Waals surface area (Å²) in [5.74, 6) is -10.2. The molecule has 0 aromatic heterocycles. The molecule has 52 heavy (non-hydrogen) atoms. The van der Waals surface area contributed by atoms with Crippen LogP contribution < -0.4 is 16.8 Å². The molecule has 290 valence electrons. The lowest BCUT2D eigenvalue weighted by Crippen LogP contribution is -2.59. The molecular formula is C31H47N7O14. The van der Waals surface area contributed by atoms with E-state index in [9.17, 15) is 58.8 Å². The summed E-state index contributed by atoms with van der Waals surface area (Å²) >= 11 is 0. The molecular weight excluding hydrogens is 694 g/mol. The van der Waals surface area contributed by atoms with Crippen molar-refractivity contribution in [3.63, 3.8) is 0 Å². The lowest BCUT2D eigenvalue weighted by atomic mass is 10.0. The van der Waals surface area contributed by atoms with Crippen LogP contribution in [0, 0.1) is 0 Å². The first-order valence-electron chi connectivity index (χ1n) is 16.1. The van der Waals surface area contributed by atoms with E-state index in [0.717, 1.165) is 9.80 Å². The van der Waals surface area contributed by atoms with Gasteiger partial charge in [0.15, 0.2) is 0 Å². The fraction of sp³-hybridized carbons (Fsp3) is 0.548. The Labute approximate surface area is 298 Å². The molecule has 11 N–H and O–H groups in total. The fourth-order valence-electron chi connectivity index (χ4n) is 5.08. The summed E-state index contributed by atoms with van der Waals surface area (Å²) in [6, 6.07) is 2.20. The molecule has 21 heteroatoms. The normalized spacial score (nSPS) is 12.3. The highest BCUT2D eigenvalue weighted by Crippen LogP contribution is 2.17. The second kappa shape index (κ2) is 23.3. The van der Waals surface area contributed by atoms with Gasteiger partial charge in [-0.2, -0.15) is 0 Å². The highest BCUT2D eigenvalue weighted by molar-refractivity contribution is 6.03. The molecule has 1 aromatic carbocycles. The number of hydrogen-bond donors (Lipinski definition) is 9. The second-order valence-corrected chi connectivity index (χ2v) is 11.7. The molecule has 0 heterocycles.